The van der Waals surface area contributed by atoms with Crippen molar-refractivity contribution in [2.24, 2.45) is 17.3 Å². The quantitative estimate of drug-likeness (QED) is 0.579. The molecule has 23 heavy (non-hydrogen) atoms. The van der Waals surface area contributed by atoms with Gasteiger partial charge in [-0.3, -0.25) is 9.59 Å². The zero-order valence-corrected chi connectivity index (χ0v) is 13.7. The lowest BCUT2D eigenvalue weighted by molar-refractivity contribution is -0.132. The molecule has 0 aliphatic heterocycles. The maximum atomic E-state index is 12.3. The first-order valence-electron chi connectivity index (χ1n) is 8.53. The number of hydrogen-bond acceptors (Lipinski definition) is 3. The van der Waals surface area contributed by atoms with E-state index in [-0.39, 0.29) is 11.4 Å². The van der Waals surface area contributed by atoms with E-state index in [2.05, 4.69) is 25.1 Å². The van der Waals surface area contributed by atoms with Crippen LogP contribution in [0, 0.1) is 17.3 Å². The van der Waals surface area contributed by atoms with Gasteiger partial charge >= 0.3 is 5.97 Å². The predicted molar refractivity (Wildman–Crippen MR) is 88.1 cm³/mol. The molecule has 0 spiro atoms. The van der Waals surface area contributed by atoms with E-state index in [4.69, 9.17) is 4.74 Å². The monoisotopic (exact) mass is 310 g/mol. The average molecular weight is 310 g/mol. The highest BCUT2D eigenvalue weighted by Gasteiger charge is 2.53. The number of fused-ring (bicyclic) bond motifs is 5. The van der Waals surface area contributed by atoms with Crippen LogP contribution in [0.15, 0.2) is 24.3 Å². The van der Waals surface area contributed by atoms with Crippen molar-refractivity contribution >= 4 is 17.8 Å². The molecule has 0 bridgehead atoms. The van der Waals surface area contributed by atoms with Crippen molar-refractivity contribution in [1.29, 1.82) is 0 Å². The topological polar surface area (TPSA) is 43.4 Å². The molecule has 0 unspecified atom stereocenters. The fraction of sp³-hybridized carbons (Fsp3) is 0.500. The zero-order valence-electron chi connectivity index (χ0n) is 13.7. The van der Waals surface area contributed by atoms with Crippen LogP contribution in [-0.4, -0.2) is 11.8 Å². The lowest BCUT2D eigenvalue weighted by Gasteiger charge is -2.46. The standard InChI is InChI=1S/C20H22O3/c1-12(21)23-14-4-6-15-13(11-14)3-5-17-16(15)9-10-20(2)18(17)7-8-19(20)22/h3-6,11,16-18H,7-10H2,1-2H3/t16-,17-,18+,20+/m1/s1. The molecule has 3 aliphatic rings. The summed E-state index contributed by atoms with van der Waals surface area (Å²) in [6.07, 6.45) is 8.28. The molecule has 4 atom stereocenters. The van der Waals surface area contributed by atoms with Gasteiger partial charge in [0.25, 0.3) is 0 Å². The van der Waals surface area contributed by atoms with Gasteiger partial charge in [-0.05, 0) is 60.3 Å². The van der Waals surface area contributed by atoms with Crippen molar-refractivity contribution in [2.45, 2.75) is 45.4 Å². The molecular weight excluding hydrogens is 288 g/mol. The number of hydrogen-bond donors (Lipinski definition) is 0. The molecule has 2 saturated carbocycles. The molecule has 120 valence electrons. The van der Waals surface area contributed by atoms with E-state index >= 15 is 0 Å². The Morgan fingerprint density at radius 1 is 1.30 bits per heavy atom. The Morgan fingerprint density at radius 3 is 2.91 bits per heavy atom. The highest BCUT2D eigenvalue weighted by atomic mass is 16.5. The minimum absolute atomic E-state index is 0.110. The fourth-order valence-electron chi connectivity index (χ4n) is 5.08. The first-order chi connectivity index (χ1) is 11.0. The minimum atomic E-state index is -0.291. The molecule has 3 aliphatic carbocycles. The number of esters is 1. The third-order valence-corrected chi connectivity index (χ3v) is 6.26. The molecule has 0 aromatic heterocycles. The molecule has 0 radical (unpaired) electrons. The largest absolute Gasteiger partial charge is 0.427 e. The van der Waals surface area contributed by atoms with Crippen molar-refractivity contribution in [2.75, 3.05) is 0 Å². The number of ketones is 1. The van der Waals surface area contributed by atoms with Gasteiger partial charge in [-0.25, -0.2) is 0 Å². The summed E-state index contributed by atoms with van der Waals surface area (Å²) in [5, 5.41) is 0. The highest BCUT2D eigenvalue weighted by molar-refractivity contribution is 5.87. The van der Waals surface area contributed by atoms with Crippen molar-refractivity contribution in [3.05, 3.63) is 35.4 Å². The Bertz CT molecular complexity index is 718. The van der Waals surface area contributed by atoms with E-state index in [1.165, 1.54) is 12.5 Å². The summed E-state index contributed by atoms with van der Waals surface area (Å²) in [6, 6.07) is 5.95. The third-order valence-electron chi connectivity index (χ3n) is 6.26. The lowest BCUT2D eigenvalue weighted by atomic mass is 9.57. The van der Waals surface area contributed by atoms with Gasteiger partial charge in [0, 0.05) is 18.8 Å². The minimum Gasteiger partial charge on any atom is -0.427 e. The van der Waals surface area contributed by atoms with Crippen LogP contribution < -0.4 is 4.74 Å². The van der Waals surface area contributed by atoms with E-state index in [0.717, 1.165) is 31.2 Å². The normalized spacial score (nSPS) is 34.5. The Balaban J connectivity index is 1.68. The van der Waals surface area contributed by atoms with Crippen molar-refractivity contribution < 1.29 is 14.3 Å². The van der Waals surface area contributed by atoms with Crippen molar-refractivity contribution in [1.82, 2.24) is 0 Å². The molecule has 0 heterocycles. The maximum Gasteiger partial charge on any atom is 0.308 e. The second-order valence-electron chi connectivity index (χ2n) is 7.45. The number of ether oxygens (including phenoxy) is 1. The Hall–Kier alpha value is -1.90. The van der Waals surface area contributed by atoms with Gasteiger partial charge in [-0.15, -0.1) is 0 Å². The SMILES string of the molecule is CC(=O)Oc1ccc2c(c1)C=C[C@@H]1[C@@H]2CC[C@]2(C)C(=O)CC[C@@H]12. The Labute approximate surface area is 136 Å². The number of Topliss-reactive ketones (excluding diaryl/α,β-unsaturated/α-hetero) is 1. The van der Waals surface area contributed by atoms with Crippen LogP contribution in [0.5, 0.6) is 5.75 Å². The molecule has 1 aromatic carbocycles. The Kier molecular flexibility index (Phi) is 3.22. The zero-order chi connectivity index (χ0) is 16.2. The third kappa shape index (κ3) is 2.17. The van der Waals surface area contributed by atoms with Crippen LogP contribution in [0.4, 0.5) is 0 Å². The summed E-state index contributed by atoms with van der Waals surface area (Å²) in [7, 11) is 0. The molecule has 0 N–H and O–H groups in total. The van der Waals surface area contributed by atoms with Crippen molar-refractivity contribution in [3.8, 4) is 5.75 Å². The van der Waals surface area contributed by atoms with Crippen LogP contribution in [0.1, 0.15) is 56.6 Å². The fourth-order valence-corrected chi connectivity index (χ4v) is 5.08. The van der Waals surface area contributed by atoms with Gasteiger partial charge in [-0.2, -0.15) is 0 Å². The van der Waals surface area contributed by atoms with Crippen LogP contribution in [0.2, 0.25) is 0 Å². The Morgan fingerprint density at radius 2 is 2.13 bits per heavy atom. The maximum absolute atomic E-state index is 12.3. The number of carbonyl (C=O) groups excluding carboxylic acids is 2. The summed E-state index contributed by atoms with van der Waals surface area (Å²) in [5.41, 5.74) is 2.38. The first-order valence-corrected chi connectivity index (χ1v) is 8.53. The van der Waals surface area contributed by atoms with E-state index in [1.807, 2.05) is 12.1 Å². The lowest BCUT2D eigenvalue weighted by Crippen LogP contribution is -2.40. The van der Waals surface area contributed by atoms with E-state index in [9.17, 15) is 9.59 Å². The van der Waals surface area contributed by atoms with Gasteiger partial charge in [0.15, 0.2) is 0 Å². The van der Waals surface area contributed by atoms with Gasteiger partial charge in [0.05, 0.1) is 0 Å². The highest BCUT2D eigenvalue weighted by Crippen LogP contribution is 2.58. The van der Waals surface area contributed by atoms with Crippen LogP contribution in [0.3, 0.4) is 0 Å². The summed E-state index contributed by atoms with van der Waals surface area (Å²) in [4.78, 5) is 23.5. The molecule has 4 rings (SSSR count). The van der Waals surface area contributed by atoms with Crippen molar-refractivity contribution in [3.63, 3.8) is 0 Å². The van der Waals surface area contributed by atoms with Gasteiger partial charge in [-0.1, -0.05) is 25.1 Å². The second-order valence-corrected chi connectivity index (χ2v) is 7.45. The van der Waals surface area contributed by atoms with Crippen LogP contribution in [0.25, 0.3) is 6.08 Å². The molecular formula is C20H22O3. The van der Waals surface area contributed by atoms with Crippen LogP contribution in [-0.2, 0) is 9.59 Å². The predicted octanol–water partition coefficient (Wildman–Crippen LogP) is 4.12. The molecule has 3 nitrogen and oxygen atoms in total. The summed E-state index contributed by atoms with van der Waals surface area (Å²) in [6.45, 7) is 3.60. The van der Waals surface area contributed by atoms with E-state index < -0.39 is 0 Å². The van der Waals surface area contributed by atoms with Crippen LogP contribution >= 0.6 is 0 Å². The first kappa shape index (κ1) is 14.7. The van der Waals surface area contributed by atoms with E-state index in [0.29, 0.717) is 29.3 Å². The smallest absolute Gasteiger partial charge is 0.308 e. The number of rotatable bonds is 1. The molecule has 1 aromatic rings. The second kappa shape index (κ2) is 5.05. The number of allylic oxidation sites excluding steroid dienone is 1. The van der Waals surface area contributed by atoms with E-state index in [1.54, 1.807) is 0 Å². The summed E-state index contributed by atoms with van der Waals surface area (Å²) in [5.74, 6) is 2.21. The van der Waals surface area contributed by atoms with Gasteiger partial charge in [0.1, 0.15) is 11.5 Å². The molecule has 3 heteroatoms. The average Bonchev–Trinajstić information content (AvgIpc) is 2.82. The molecule has 0 saturated heterocycles. The molecule has 0 amide bonds. The number of carbonyl (C=O) groups is 2. The molecule has 2 fully saturated rings. The van der Waals surface area contributed by atoms with Gasteiger partial charge < -0.3 is 4.74 Å². The number of benzene rings is 1. The van der Waals surface area contributed by atoms with Gasteiger partial charge in [0.2, 0.25) is 0 Å². The summed E-state index contributed by atoms with van der Waals surface area (Å²) >= 11 is 0. The summed E-state index contributed by atoms with van der Waals surface area (Å²) < 4.78 is 5.20.